The zero-order valence-corrected chi connectivity index (χ0v) is 8.57. The Bertz CT molecular complexity index is 309. The van der Waals surface area contributed by atoms with Crippen LogP contribution in [0.25, 0.3) is 0 Å². The number of nitrogens with two attached hydrogens (primary N) is 2. The van der Waals surface area contributed by atoms with Gasteiger partial charge in [-0.05, 0) is 13.3 Å². The fraction of sp³-hybridized carbons (Fsp3) is 0.429. The summed E-state index contributed by atoms with van der Waals surface area (Å²) in [4.78, 5) is 20.7. The number of carbonyl (C=O) groups excluding carboxylic acids is 2. The van der Waals surface area contributed by atoms with Crippen LogP contribution in [0.2, 0.25) is 0 Å². The Kier molecular flexibility index (Phi) is 5.45. The van der Waals surface area contributed by atoms with E-state index in [1.807, 2.05) is 12.3 Å². The monoisotopic (exact) mass is 214 g/mol. The third-order valence-corrected chi connectivity index (χ3v) is 1.39. The lowest BCUT2D eigenvalue weighted by Crippen LogP contribution is -2.29. The van der Waals surface area contributed by atoms with Crippen molar-refractivity contribution in [1.29, 1.82) is 0 Å². The Morgan fingerprint density at radius 2 is 1.60 bits per heavy atom. The van der Waals surface area contributed by atoms with Gasteiger partial charge in [-0.25, -0.2) is 20.4 Å². The van der Waals surface area contributed by atoms with E-state index in [4.69, 9.17) is 11.5 Å². The van der Waals surface area contributed by atoms with Crippen LogP contribution in [-0.2, 0) is 0 Å². The van der Waals surface area contributed by atoms with Crippen LogP contribution in [0.4, 0.5) is 9.59 Å². The summed E-state index contributed by atoms with van der Waals surface area (Å²) in [5.74, 6) is 0. The summed E-state index contributed by atoms with van der Waals surface area (Å²) in [6.45, 7) is 3.42. The Morgan fingerprint density at radius 3 is 2.00 bits per heavy atom. The largest absolute Gasteiger partial charge is 0.350 e. The quantitative estimate of drug-likeness (QED) is 0.369. The Hall–Kier alpha value is -2.12. The molecule has 0 bridgehead atoms. The summed E-state index contributed by atoms with van der Waals surface area (Å²) in [5, 5.41) is 7.33. The van der Waals surface area contributed by atoms with E-state index in [0.717, 1.165) is 0 Å². The second-order valence-electron chi connectivity index (χ2n) is 2.56. The molecule has 6 N–H and O–H groups in total. The highest BCUT2D eigenvalue weighted by Crippen LogP contribution is 1.89. The van der Waals surface area contributed by atoms with Gasteiger partial charge in [0.15, 0.2) is 0 Å². The highest BCUT2D eigenvalue weighted by Gasteiger charge is 2.02. The number of carbonyl (C=O) groups is 2. The van der Waals surface area contributed by atoms with Gasteiger partial charge in [0.05, 0.1) is 11.4 Å². The summed E-state index contributed by atoms with van der Waals surface area (Å²) < 4.78 is 0. The molecule has 0 rings (SSSR count). The molecule has 0 aliphatic heterocycles. The van der Waals surface area contributed by atoms with Crippen molar-refractivity contribution in [3.05, 3.63) is 0 Å². The first-order chi connectivity index (χ1) is 6.97. The highest BCUT2D eigenvalue weighted by atomic mass is 16.2. The van der Waals surface area contributed by atoms with Crippen LogP contribution in [0.5, 0.6) is 0 Å². The molecule has 4 amide bonds. The Balaban J connectivity index is 4.51. The molecule has 0 unspecified atom stereocenters. The van der Waals surface area contributed by atoms with Gasteiger partial charge in [-0.1, -0.05) is 6.92 Å². The summed E-state index contributed by atoms with van der Waals surface area (Å²) in [7, 11) is 0. The lowest BCUT2D eigenvalue weighted by molar-refractivity contribution is 0.248. The van der Waals surface area contributed by atoms with Gasteiger partial charge < -0.3 is 11.5 Å². The van der Waals surface area contributed by atoms with E-state index in [0.29, 0.717) is 17.8 Å². The summed E-state index contributed by atoms with van der Waals surface area (Å²) >= 11 is 0. The maximum atomic E-state index is 10.4. The van der Waals surface area contributed by atoms with Gasteiger partial charge in [0, 0.05) is 0 Å². The molecule has 0 fully saturated rings. The molecule has 8 nitrogen and oxygen atoms in total. The smallest absolute Gasteiger partial charge is 0.332 e. The van der Waals surface area contributed by atoms with Gasteiger partial charge in [0.1, 0.15) is 0 Å². The molecular weight excluding hydrogens is 200 g/mol. The van der Waals surface area contributed by atoms with Crippen molar-refractivity contribution in [2.45, 2.75) is 20.3 Å². The zero-order chi connectivity index (χ0) is 11.8. The van der Waals surface area contributed by atoms with E-state index in [9.17, 15) is 9.59 Å². The first-order valence-electron chi connectivity index (χ1n) is 4.19. The molecule has 0 radical (unpaired) electrons. The van der Waals surface area contributed by atoms with Crippen molar-refractivity contribution < 1.29 is 9.59 Å². The van der Waals surface area contributed by atoms with Gasteiger partial charge in [-0.15, -0.1) is 0 Å². The predicted molar refractivity (Wildman–Crippen MR) is 56.3 cm³/mol. The van der Waals surface area contributed by atoms with Crippen molar-refractivity contribution in [3.63, 3.8) is 0 Å². The van der Waals surface area contributed by atoms with E-state index < -0.39 is 12.1 Å². The van der Waals surface area contributed by atoms with E-state index in [2.05, 4.69) is 15.6 Å². The number of hydrazone groups is 2. The fourth-order valence-electron chi connectivity index (χ4n) is 0.742. The number of nitrogens with one attached hydrogen (secondary N) is 2. The third-order valence-electron chi connectivity index (χ3n) is 1.39. The van der Waals surface area contributed by atoms with Crippen LogP contribution in [-0.4, -0.2) is 23.5 Å². The first-order valence-corrected chi connectivity index (χ1v) is 4.19. The number of primary amides is 2. The van der Waals surface area contributed by atoms with Gasteiger partial charge in [-0.3, -0.25) is 0 Å². The lowest BCUT2D eigenvalue weighted by atomic mass is 10.2. The van der Waals surface area contributed by atoms with Crippen LogP contribution in [0, 0.1) is 0 Å². The third kappa shape index (κ3) is 6.02. The molecule has 0 aliphatic rings. The normalized spacial score (nSPS) is 12.1. The predicted octanol–water partition coefficient (Wildman–Crippen LogP) is -0.535. The highest BCUT2D eigenvalue weighted by molar-refractivity contribution is 6.41. The lowest BCUT2D eigenvalue weighted by Gasteiger charge is -2.02. The average Bonchev–Trinajstić information content (AvgIpc) is 2.15. The minimum Gasteiger partial charge on any atom is -0.350 e. The molecule has 0 aromatic carbocycles. The Labute approximate surface area is 86.8 Å². The molecule has 0 aromatic rings. The Morgan fingerprint density at radius 1 is 1.13 bits per heavy atom. The van der Waals surface area contributed by atoms with Crippen molar-refractivity contribution in [2.24, 2.45) is 21.7 Å². The van der Waals surface area contributed by atoms with Gasteiger partial charge in [0.25, 0.3) is 0 Å². The van der Waals surface area contributed by atoms with E-state index in [1.54, 1.807) is 6.92 Å². The topological polar surface area (TPSA) is 135 Å². The number of hydrogen-bond acceptors (Lipinski definition) is 4. The van der Waals surface area contributed by atoms with Crippen LogP contribution in [0.1, 0.15) is 20.3 Å². The summed E-state index contributed by atoms with van der Waals surface area (Å²) in [5.41, 5.74) is 14.7. The molecule has 0 atom stereocenters. The molecule has 8 heteroatoms. The number of amides is 4. The second kappa shape index (κ2) is 6.35. The van der Waals surface area contributed by atoms with Crippen molar-refractivity contribution in [2.75, 3.05) is 0 Å². The molecule has 84 valence electrons. The molecule has 0 spiro atoms. The minimum atomic E-state index is -0.771. The standard InChI is InChI=1S/C7H14N6O2/c1-3-5(11-13-7(9)15)4(2)10-12-6(8)14/h3H2,1-2H3,(H3,8,12,14)(H3,9,13,15). The molecule has 15 heavy (non-hydrogen) atoms. The van der Waals surface area contributed by atoms with Crippen LogP contribution in [0.15, 0.2) is 10.2 Å². The van der Waals surface area contributed by atoms with Crippen molar-refractivity contribution >= 4 is 23.5 Å². The van der Waals surface area contributed by atoms with E-state index in [-0.39, 0.29) is 0 Å². The van der Waals surface area contributed by atoms with E-state index in [1.165, 1.54) is 0 Å². The van der Waals surface area contributed by atoms with Gasteiger partial charge in [-0.2, -0.15) is 10.2 Å². The van der Waals surface area contributed by atoms with E-state index >= 15 is 0 Å². The molecule has 0 aliphatic carbocycles. The minimum absolute atomic E-state index is 0.435. The fourth-order valence-corrected chi connectivity index (χ4v) is 0.742. The second-order valence-corrected chi connectivity index (χ2v) is 2.56. The van der Waals surface area contributed by atoms with Crippen LogP contribution in [0.3, 0.4) is 0 Å². The summed E-state index contributed by atoms with van der Waals surface area (Å²) in [6.07, 6.45) is 0.524. The number of urea groups is 2. The van der Waals surface area contributed by atoms with Gasteiger partial charge in [0.2, 0.25) is 0 Å². The van der Waals surface area contributed by atoms with Crippen LogP contribution < -0.4 is 22.3 Å². The first kappa shape index (κ1) is 12.9. The average molecular weight is 214 g/mol. The number of nitrogens with zero attached hydrogens (tertiary/aromatic N) is 2. The molecule has 0 heterocycles. The maximum Gasteiger partial charge on any atom is 0.332 e. The van der Waals surface area contributed by atoms with Crippen LogP contribution >= 0.6 is 0 Å². The van der Waals surface area contributed by atoms with Crippen molar-refractivity contribution in [1.82, 2.24) is 10.9 Å². The SMILES string of the molecule is CCC(=NNC(N)=O)C(C)=NNC(N)=O. The van der Waals surface area contributed by atoms with Gasteiger partial charge >= 0.3 is 12.1 Å². The summed E-state index contributed by atoms with van der Waals surface area (Å²) in [6, 6.07) is -1.54. The maximum absolute atomic E-state index is 10.4. The van der Waals surface area contributed by atoms with Crippen molar-refractivity contribution in [3.8, 4) is 0 Å². The number of rotatable bonds is 4. The molecule has 0 aromatic heterocycles. The molecule has 0 saturated carbocycles. The number of hydrogen-bond donors (Lipinski definition) is 4. The molecular formula is C7H14N6O2. The zero-order valence-electron chi connectivity index (χ0n) is 8.57. The molecule has 0 saturated heterocycles.